The summed E-state index contributed by atoms with van der Waals surface area (Å²) >= 11 is 0. The lowest BCUT2D eigenvalue weighted by molar-refractivity contribution is 0.871. The van der Waals surface area contributed by atoms with E-state index in [9.17, 15) is 0 Å². The molecule has 0 aliphatic heterocycles. The van der Waals surface area contributed by atoms with Crippen molar-refractivity contribution in [3.8, 4) is 0 Å². The fraction of sp³-hybridized carbons (Fsp3) is 0.286. The van der Waals surface area contributed by atoms with Gasteiger partial charge in [0.05, 0.1) is 6.04 Å². The van der Waals surface area contributed by atoms with Crippen LogP contribution in [-0.4, -0.2) is 16.5 Å². The van der Waals surface area contributed by atoms with Crippen molar-refractivity contribution in [1.29, 1.82) is 0 Å². The van der Waals surface area contributed by atoms with E-state index in [1.54, 1.807) is 12.4 Å². The summed E-state index contributed by atoms with van der Waals surface area (Å²) in [7, 11) is 0. The monoisotopic (exact) mass is 242 g/mol. The lowest BCUT2D eigenvalue weighted by Gasteiger charge is -2.15. The van der Waals surface area contributed by atoms with Crippen LogP contribution in [0.1, 0.15) is 25.5 Å². The SMILES string of the molecule is CCNc1cccc(NC(C)c2ccncc2)n1. The van der Waals surface area contributed by atoms with Crippen LogP contribution in [0.4, 0.5) is 11.6 Å². The molecule has 0 spiro atoms. The van der Waals surface area contributed by atoms with Gasteiger partial charge in [-0.1, -0.05) is 6.07 Å². The molecule has 4 nitrogen and oxygen atoms in total. The second-order valence-corrected chi connectivity index (χ2v) is 4.08. The Kier molecular flexibility index (Phi) is 4.12. The van der Waals surface area contributed by atoms with Gasteiger partial charge in [-0.05, 0) is 43.7 Å². The van der Waals surface area contributed by atoms with E-state index < -0.39 is 0 Å². The van der Waals surface area contributed by atoms with Crippen LogP contribution in [0.15, 0.2) is 42.7 Å². The van der Waals surface area contributed by atoms with Gasteiger partial charge in [0.1, 0.15) is 11.6 Å². The van der Waals surface area contributed by atoms with Crippen LogP contribution in [-0.2, 0) is 0 Å². The normalized spacial score (nSPS) is 11.9. The summed E-state index contributed by atoms with van der Waals surface area (Å²) < 4.78 is 0. The molecule has 0 aromatic carbocycles. The predicted octanol–water partition coefficient (Wildman–Crippen LogP) is 3.08. The fourth-order valence-electron chi connectivity index (χ4n) is 1.75. The smallest absolute Gasteiger partial charge is 0.128 e. The van der Waals surface area contributed by atoms with Crippen LogP contribution in [0.3, 0.4) is 0 Å². The van der Waals surface area contributed by atoms with Gasteiger partial charge in [-0.15, -0.1) is 0 Å². The highest BCUT2D eigenvalue weighted by molar-refractivity contribution is 5.46. The molecule has 0 bridgehead atoms. The lowest BCUT2D eigenvalue weighted by atomic mass is 10.1. The van der Waals surface area contributed by atoms with Gasteiger partial charge in [0.2, 0.25) is 0 Å². The van der Waals surface area contributed by atoms with Crippen LogP contribution in [0.25, 0.3) is 0 Å². The number of nitrogens with one attached hydrogen (secondary N) is 2. The number of anilines is 2. The van der Waals surface area contributed by atoms with Gasteiger partial charge in [-0.3, -0.25) is 4.98 Å². The van der Waals surface area contributed by atoms with Crippen LogP contribution >= 0.6 is 0 Å². The maximum Gasteiger partial charge on any atom is 0.128 e. The molecule has 1 unspecified atom stereocenters. The predicted molar refractivity (Wildman–Crippen MR) is 74.7 cm³/mol. The molecule has 0 radical (unpaired) electrons. The Hall–Kier alpha value is -2.10. The fourth-order valence-corrected chi connectivity index (χ4v) is 1.75. The first-order chi connectivity index (χ1) is 8.79. The van der Waals surface area contributed by atoms with E-state index in [4.69, 9.17) is 0 Å². The molecule has 2 heterocycles. The minimum atomic E-state index is 0.206. The molecule has 2 N–H and O–H groups in total. The Morgan fingerprint density at radius 3 is 2.56 bits per heavy atom. The number of aromatic nitrogens is 2. The van der Waals surface area contributed by atoms with Crippen LogP contribution < -0.4 is 10.6 Å². The Labute approximate surface area is 107 Å². The van der Waals surface area contributed by atoms with Gasteiger partial charge in [0.15, 0.2) is 0 Å². The second kappa shape index (κ2) is 6.00. The molecule has 0 saturated heterocycles. The number of rotatable bonds is 5. The maximum atomic E-state index is 4.49. The van der Waals surface area contributed by atoms with Crippen molar-refractivity contribution >= 4 is 11.6 Å². The number of hydrogen-bond acceptors (Lipinski definition) is 4. The Balaban J connectivity index is 2.07. The summed E-state index contributed by atoms with van der Waals surface area (Å²) in [4.78, 5) is 8.51. The topological polar surface area (TPSA) is 49.8 Å². The molecule has 0 fully saturated rings. The van der Waals surface area contributed by atoms with Crippen molar-refractivity contribution in [2.45, 2.75) is 19.9 Å². The minimum Gasteiger partial charge on any atom is -0.370 e. The molecule has 2 aromatic rings. The van der Waals surface area contributed by atoms with Crippen LogP contribution in [0.5, 0.6) is 0 Å². The van der Waals surface area contributed by atoms with E-state index in [0.717, 1.165) is 18.2 Å². The summed E-state index contributed by atoms with van der Waals surface area (Å²) in [6.45, 7) is 5.04. The van der Waals surface area contributed by atoms with Crippen molar-refractivity contribution in [3.05, 3.63) is 48.3 Å². The molecule has 0 aliphatic carbocycles. The first-order valence-corrected chi connectivity index (χ1v) is 6.17. The number of hydrogen-bond donors (Lipinski definition) is 2. The molecule has 4 heteroatoms. The van der Waals surface area contributed by atoms with E-state index in [2.05, 4.69) is 34.4 Å². The highest BCUT2D eigenvalue weighted by atomic mass is 15.1. The van der Waals surface area contributed by atoms with Crippen molar-refractivity contribution in [3.63, 3.8) is 0 Å². The Morgan fingerprint density at radius 1 is 1.11 bits per heavy atom. The lowest BCUT2D eigenvalue weighted by Crippen LogP contribution is -2.09. The Morgan fingerprint density at radius 2 is 1.83 bits per heavy atom. The summed E-state index contributed by atoms with van der Waals surface area (Å²) in [5.41, 5.74) is 1.20. The third-order valence-electron chi connectivity index (χ3n) is 2.68. The van der Waals surface area contributed by atoms with Crippen LogP contribution in [0, 0.1) is 0 Å². The van der Waals surface area contributed by atoms with Gasteiger partial charge in [-0.2, -0.15) is 0 Å². The van der Waals surface area contributed by atoms with Gasteiger partial charge < -0.3 is 10.6 Å². The molecule has 0 amide bonds. The maximum absolute atomic E-state index is 4.49. The van der Waals surface area contributed by atoms with Crippen molar-refractivity contribution in [2.24, 2.45) is 0 Å². The summed E-state index contributed by atoms with van der Waals surface area (Å²) in [5.74, 6) is 1.77. The van der Waals surface area contributed by atoms with Crippen molar-refractivity contribution in [2.75, 3.05) is 17.2 Å². The molecule has 18 heavy (non-hydrogen) atoms. The minimum absolute atomic E-state index is 0.206. The summed E-state index contributed by atoms with van der Waals surface area (Å²) in [5, 5.41) is 6.58. The van der Waals surface area contributed by atoms with Gasteiger partial charge >= 0.3 is 0 Å². The number of nitrogens with zero attached hydrogens (tertiary/aromatic N) is 2. The zero-order chi connectivity index (χ0) is 12.8. The van der Waals surface area contributed by atoms with Gasteiger partial charge in [0.25, 0.3) is 0 Å². The van der Waals surface area contributed by atoms with E-state index in [0.29, 0.717) is 0 Å². The van der Waals surface area contributed by atoms with Gasteiger partial charge in [-0.25, -0.2) is 4.98 Å². The molecule has 2 aromatic heterocycles. The zero-order valence-corrected chi connectivity index (χ0v) is 10.7. The quantitative estimate of drug-likeness (QED) is 0.846. The van der Waals surface area contributed by atoms with Crippen molar-refractivity contribution < 1.29 is 0 Å². The first kappa shape index (κ1) is 12.4. The molecular weight excluding hydrogens is 224 g/mol. The highest BCUT2D eigenvalue weighted by Gasteiger charge is 2.05. The van der Waals surface area contributed by atoms with Crippen LogP contribution in [0.2, 0.25) is 0 Å². The molecule has 0 aliphatic rings. The largest absolute Gasteiger partial charge is 0.370 e. The molecule has 0 saturated carbocycles. The average molecular weight is 242 g/mol. The van der Waals surface area contributed by atoms with E-state index in [1.165, 1.54) is 5.56 Å². The van der Waals surface area contributed by atoms with Gasteiger partial charge in [0, 0.05) is 18.9 Å². The second-order valence-electron chi connectivity index (χ2n) is 4.08. The first-order valence-electron chi connectivity index (χ1n) is 6.17. The molecule has 2 rings (SSSR count). The number of pyridine rings is 2. The third-order valence-corrected chi connectivity index (χ3v) is 2.68. The highest BCUT2D eigenvalue weighted by Crippen LogP contribution is 2.18. The average Bonchev–Trinajstić information content (AvgIpc) is 2.40. The Bertz CT molecular complexity index is 484. The van der Waals surface area contributed by atoms with E-state index in [1.807, 2.05) is 30.3 Å². The summed E-state index contributed by atoms with van der Waals surface area (Å²) in [6.07, 6.45) is 3.60. The molecule has 1 atom stereocenters. The summed E-state index contributed by atoms with van der Waals surface area (Å²) in [6, 6.07) is 10.1. The standard InChI is InChI=1S/C14H18N4/c1-3-16-13-5-4-6-14(18-13)17-11(2)12-7-9-15-10-8-12/h4-11H,3H2,1-2H3,(H2,16,17,18). The zero-order valence-electron chi connectivity index (χ0n) is 10.7. The molecular formula is C14H18N4. The molecule has 94 valence electrons. The third kappa shape index (κ3) is 3.20. The van der Waals surface area contributed by atoms with E-state index >= 15 is 0 Å². The van der Waals surface area contributed by atoms with Crippen molar-refractivity contribution in [1.82, 2.24) is 9.97 Å². The van der Waals surface area contributed by atoms with E-state index in [-0.39, 0.29) is 6.04 Å².